The summed E-state index contributed by atoms with van der Waals surface area (Å²) in [5.74, 6) is 0.751. The van der Waals surface area contributed by atoms with Gasteiger partial charge in [-0.3, -0.25) is 9.78 Å². The Morgan fingerprint density at radius 1 is 1.23 bits per heavy atom. The lowest BCUT2D eigenvalue weighted by atomic mass is 9.95. The highest BCUT2D eigenvalue weighted by Crippen LogP contribution is 2.23. The average molecular weight is 294 g/mol. The number of carbonyl (C=O) groups excluding carboxylic acids is 1. The van der Waals surface area contributed by atoms with Gasteiger partial charge in [-0.05, 0) is 30.3 Å². The minimum absolute atomic E-state index is 0.0150. The number of rotatable bonds is 2. The summed E-state index contributed by atoms with van der Waals surface area (Å²) in [5.41, 5.74) is 3.00. The van der Waals surface area contributed by atoms with Crippen LogP contribution < -0.4 is 5.32 Å². The van der Waals surface area contributed by atoms with Crippen LogP contribution in [0.15, 0.2) is 42.7 Å². The zero-order chi connectivity index (χ0) is 15.7. The normalized spacial score (nSPS) is 11.6. The van der Waals surface area contributed by atoms with Crippen molar-refractivity contribution in [2.45, 2.75) is 20.8 Å². The van der Waals surface area contributed by atoms with Gasteiger partial charge in [-0.25, -0.2) is 4.98 Å². The van der Waals surface area contributed by atoms with Gasteiger partial charge in [0.25, 0.3) is 0 Å². The Balaban J connectivity index is 1.92. The maximum absolute atomic E-state index is 12.1. The molecule has 0 atom stereocenters. The number of hydrogen-bond donors (Lipinski definition) is 2. The van der Waals surface area contributed by atoms with Crippen LogP contribution in [0.1, 0.15) is 20.8 Å². The van der Waals surface area contributed by atoms with Gasteiger partial charge in [0.05, 0.1) is 11.0 Å². The van der Waals surface area contributed by atoms with Gasteiger partial charge < -0.3 is 10.3 Å². The lowest BCUT2D eigenvalue weighted by Gasteiger charge is -2.17. The van der Waals surface area contributed by atoms with Gasteiger partial charge in [0, 0.05) is 29.1 Å². The second-order valence-electron chi connectivity index (χ2n) is 6.26. The summed E-state index contributed by atoms with van der Waals surface area (Å²) in [6, 6.07) is 9.47. The lowest BCUT2D eigenvalue weighted by molar-refractivity contribution is -0.123. The minimum atomic E-state index is -0.427. The van der Waals surface area contributed by atoms with Crippen LogP contribution in [0.5, 0.6) is 0 Å². The fraction of sp³-hybridized carbons (Fsp3) is 0.235. The molecule has 0 aliphatic carbocycles. The largest absolute Gasteiger partial charge is 0.338 e. The third-order valence-electron chi connectivity index (χ3n) is 3.36. The highest BCUT2D eigenvalue weighted by atomic mass is 16.2. The summed E-state index contributed by atoms with van der Waals surface area (Å²) in [6.45, 7) is 5.66. The van der Waals surface area contributed by atoms with Crippen molar-refractivity contribution in [1.29, 1.82) is 0 Å². The molecule has 0 aliphatic heterocycles. The van der Waals surface area contributed by atoms with Crippen molar-refractivity contribution >= 4 is 22.6 Å². The van der Waals surface area contributed by atoms with Crippen LogP contribution in [-0.4, -0.2) is 20.9 Å². The molecule has 2 N–H and O–H groups in total. The van der Waals surface area contributed by atoms with E-state index in [1.54, 1.807) is 12.4 Å². The second kappa shape index (κ2) is 5.26. The zero-order valence-electron chi connectivity index (χ0n) is 12.8. The number of hydrogen-bond acceptors (Lipinski definition) is 3. The van der Waals surface area contributed by atoms with Crippen molar-refractivity contribution < 1.29 is 4.79 Å². The molecule has 1 aromatic carbocycles. The van der Waals surface area contributed by atoms with Crippen molar-refractivity contribution in [1.82, 2.24) is 15.0 Å². The Kier molecular flexibility index (Phi) is 3.41. The predicted molar refractivity (Wildman–Crippen MR) is 87.4 cm³/mol. The highest BCUT2D eigenvalue weighted by Gasteiger charge is 2.21. The smallest absolute Gasteiger partial charge is 0.229 e. The fourth-order valence-corrected chi connectivity index (χ4v) is 2.05. The lowest BCUT2D eigenvalue weighted by Crippen LogP contribution is -2.27. The van der Waals surface area contributed by atoms with E-state index in [0.717, 1.165) is 28.1 Å². The Morgan fingerprint density at radius 3 is 2.73 bits per heavy atom. The second-order valence-corrected chi connectivity index (χ2v) is 6.26. The monoisotopic (exact) mass is 294 g/mol. The molecule has 2 heterocycles. The van der Waals surface area contributed by atoms with Crippen LogP contribution in [0, 0.1) is 5.41 Å². The number of aromatic amines is 1. The van der Waals surface area contributed by atoms with E-state index in [4.69, 9.17) is 0 Å². The molecule has 112 valence electrons. The molecule has 0 bridgehead atoms. The van der Waals surface area contributed by atoms with Gasteiger partial charge in [0.15, 0.2) is 0 Å². The molecular weight excluding hydrogens is 276 g/mol. The van der Waals surface area contributed by atoms with Crippen molar-refractivity contribution in [3.8, 4) is 11.4 Å². The quantitative estimate of drug-likeness (QED) is 0.758. The number of H-pyrrole nitrogens is 1. The third kappa shape index (κ3) is 2.83. The Morgan fingerprint density at radius 2 is 2.05 bits per heavy atom. The molecule has 3 rings (SSSR count). The summed E-state index contributed by atoms with van der Waals surface area (Å²) in [7, 11) is 0. The van der Waals surface area contributed by atoms with Gasteiger partial charge in [-0.2, -0.15) is 0 Å². The first-order valence-corrected chi connectivity index (χ1v) is 7.15. The van der Waals surface area contributed by atoms with E-state index in [0.29, 0.717) is 0 Å². The summed E-state index contributed by atoms with van der Waals surface area (Å²) < 4.78 is 0. The molecule has 5 heteroatoms. The van der Waals surface area contributed by atoms with E-state index in [9.17, 15) is 4.79 Å². The number of aromatic nitrogens is 3. The van der Waals surface area contributed by atoms with Crippen LogP contribution in [0.4, 0.5) is 5.69 Å². The summed E-state index contributed by atoms with van der Waals surface area (Å²) in [6.07, 6.45) is 3.49. The Bertz CT molecular complexity index is 816. The minimum Gasteiger partial charge on any atom is -0.338 e. The van der Waals surface area contributed by atoms with Gasteiger partial charge in [-0.1, -0.05) is 20.8 Å². The molecule has 0 fully saturated rings. The van der Waals surface area contributed by atoms with E-state index < -0.39 is 5.41 Å². The van der Waals surface area contributed by atoms with Crippen molar-refractivity contribution in [3.63, 3.8) is 0 Å². The predicted octanol–water partition coefficient (Wildman–Crippen LogP) is 3.61. The van der Waals surface area contributed by atoms with Crippen LogP contribution in [0.3, 0.4) is 0 Å². The SMILES string of the molecule is CC(C)(C)C(=O)Nc1ccc2nc(-c3cccnc3)[nH]c2c1. The molecule has 0 unspecified atom stereocenters. The van der Waals surface area contributed by atoms with Crippen molar-refractivity contribution in [2.24, 2.45) is 5.41 Å². The molecule has 1 amide bonds. The van der Waals surface area contributed by atoms with Gasteiger partial charge in [0.2, 0.25) is 5.91 Å². The standard InChI is InChI=1S/C17H18N4O/c1-17(2,3)16(22)19-12-6-7-13-14(9-12)21-15(20-13)11-5-4-8-18-10-11/h4-10H,1-3H3,(H,19,22)(H,20,21). The average Bonchev–Trinajstić information content (AvgIpc) is 2.90. The summed E-state index contributed by atoms with van der Waals surface area (Å²) in [4.78, 5) is 24.0. The molecule has 0 radical (unpaired) electrons. The maximum atomic E-state index is 12.1. The third-order valence-corrected chi connectivity index (χ3v) is 3.36. The molecule has 0 saturated carbocycles. The number of nitrogens with zero attached hydrogens (tertiary/aromatic N) is 2. The Hall–Kier alpha value is -2.69. The molecule has 3 aromatic rings. The van der Waals surface area contributed by atoms with E-state index in [-0.39, 0.29) is 5.91 Å². The van der Waals surface area contributed by atoms with Gasteiger partial charge >= 0.3 is 0 Å². The van der Waals surface area contributed by atoms with E-state index in [2.05, 4.69) is 20.3 Å². The first-order chi connectivity index (χ1) is 10.4. The molecule has 5 nitrogen and oxygen atoms in total. The number of imidazole rings is 1. The van der Waals surface area contributed by atoms with Crippen LogP contribution in [-0.2, 0) is 4.79 Å². The number of pyridine rings is 1. The Labute approximate surface area is 128 Å². The number of nitrogens with one attached hydrogen (secondary N) is 2. The van der Waals surface area contributed by atoms with E-state index in [1.165, 1.54) is 0 Å². The molecule has 0 aliphatic rings. The molecule has 0 spiro atoms. The highest BCUT2D eigenvalue weighted by molar-refractivity contribution is 5.96. The van der Waals surface area contributed by atoms with Crippen LogP contribution in [0.25, 0.3) is 22.4 Å². The van der Waals surface area contributed by atoms with Gasteiger partial charge in [0.1, 0.15) is 5.82 Å². The maximum Gasteiger partial charge on any atom is 0.229 e. The molecule has 22 heavy (non-hydrogen) atoms. The van der Waals surface area contributed by atoms with E-state index in [1.807, 2.05) is 51.1 Å². The van der Waals surface area contributed by atoms with Gasteiger partial charge in [-0.15, -0.1) is 0 Å². The van der Waals surface area contributed by atoms with Crippen molar-refractivity contribution in [3.05, 3.63) is 42.7 Å². The summed E-state index contributed by atoms with van der Waals surface area (Å²) >= 11 is 0. The first kappa shape index (κ1) is 14.3. The zero-order valence-corrected chi connectivity index (χ0v) is 12.8. The number of fused-ring (bicyclic) bond motifs is 1. The van der Waals surface area contributed by atoms with Crippen LogP contribution >= 0.6 is 0 Å². The van der Waals surface area contributed by atoms with Crippen molar-refractivity contribution in [2.75, 3.05) is 5.32 Å². The first-order valence-electron chi connectivity index (χ1n) is 7.15. The van der Waals surface area contributed by atoms with Crippen LogP contribution in [0.2, 0.25) is 0 Å². The molecular formula is C17H18N4O. The number of benzene rings is 1. The number of amides is 1. The summed E-state index contributed by atoms with van der Waals surface area (Å²) in [5, 5.41) is 2.92. The molecule has 2 aromatic heterocycles. The molecule has 0 saturated heterocycles. The topological polar surface area (TPSA) is 70.7 Å². The number of carbonyl (C=O) groups is 1. The number of anilines is 1. The fourth-order valence-electron chi connectivity index (χ4n) is 2.05. The van der Waals surface area contributed by atoms with E-state index >= 15 is 0 Å².